The minimum Gasteiger partial charge on any atom is -1.00 e. The minimum absolute atomic E-state index is 0. The molecule has 0 aliphatic carbocycles. The van der Waals surface area contributed by atoms with Gasteiger partial charge in [0.1, 0.15) is 0 Å². The summed E-state index contributed by atoms with van der Waals surface area (Å²) >= 11 is 0. The fraction of sp³-hybridized carbons (Fsp3) is 0. The molecule has 0 aromatic heterocycles. The maximum absolute atomic E-state index is 8.36. The molecule has 7 heteroatoms. The van der Waals surface area contributed by atoms with Crippen LogP contribution in [0, 0.1) is 10.1 Å². The predicted octanol–water partition coefficient (Wildman–Crippen LogP) is -6.34. The van der Waals surface area contributed by atoms with Gasteiger partial charge in [-0.3, -0.25) is 0 Å². The van der Waals surface area contributed by atoms with E-state index in [2.05, 4.69) is 0 Å². The Morgan fingerprint density at radius 3 is 1.43 bits per heavy atom. The normalized spacial score (nSPS) is 3.43. The van der Waals surface area contributed by atoms with E-state index in [0.717, 1.165) is 0 Å². The Labute approximate surface area is 62.7 Å². The first-order valence-electron chi connectivity index (χ1n) is 0.565. The van der Waals surface area contributed by atoms with Crippen molar-refractivity contribution < 1.29 is 52.2 Å². The summed E-state index contributed by atoms with van der Waals surface area (Å²) < 4.78 is 0. The van der Waals surface area contributed by atoms with E-state index in [-0.39, 0.29) is 41.9 Å². The zero-order chi connectivity index (χ0) is 3.58. The summed E-state index contributed by atoms with van der Waals surface area (Å²) in [5.74, 6) is 0. The van der Waals surface area contributed by atoms with E-state index < -0.39 is 5.09 Å². The molecule has 0 spiro atoms. The Kier molecular flexibility index (Phi) is 61.8. The fourth-order valence-electron chi connectivity index (χ4n) is 0. The smallest absolute Gasteiger partial charge is 1.00 e. The summed E-state index contributed by atoms with van der Waals surface area (Å²) in [7, 11) is 0. The Bertz CT molecular complexity index is 35.9. The molecule has 7 heavy (non-hydrogen) atoms. The molecule has 0 radical (unpaired) electrons. The maximum atomic E-state index is 8.36. The molecule has 0 aromatic carbocycles. The Morgan fingerprint density at radius 2 is 1.43 bits per heavy atom. The molecule has 0 aliphatic rings. The predicted molar refractivity (Wildman–Crippen MR) is 8.78 cm³/mol. The number of hydrogen-bond donors (Lipinski definition) is 1. The third-order valence-corrected chi connectivity index (χ3v) is 0. The van der Waals surface area contributed by atoms with Gasteiger partial charge in [-0.05, 0) is 0 Å². The van der Waals surface area contributed by atoms with Crippen molar-refractivity contribution in [1.29, 1.82) is 0 Å². The van der Waals surface area contributed by atoms with Crippen molar-refractivity contribution in [3.05, 3.63) is 10.1 Å². The average molecular weight is 190 g/mol. The van der Waals surface area contributed by atoms with Crippen molar-refractivity contribution in [1.82, 2.24) is 0 Å². The molecule has 0 bridgehead atoms. The first kappa shape index (κ1) is 26.6. The number of hydrogen-bond acceptors (Lipinski definition) is 2. The zero-order valence-corrected chi connectivity index (χ0v) is 5.44. The standard InChI is InChI=1S/2ClH.Fe.HNO3/c;;;2-1(3)4/h2*1H;;(H,2,3,4)/q;;+2;/p-2. The number of rotatable bonds is 0. The minimum atomic E-state index is -1.50. The van der Waals surface area contributed by atoms with Crippen LogP contribution in [0.2, 0.25) is 0 Å². The molecule has 0 fully saturated rings. The van der Waals surface area contributed by atoms with Crippen molar-refractivity contribution in [2.75, 3.05) is 0 Å². The molecular formula is HCl2FeNO3. The van der Waals surface area contributed by atoms with Crippen LogP contribution < -0.4 is 24.8 Å². The van der Waals surface area contributed by atoms with Crippen molar-refractivity contribution in [2.24, 2.45) is 0 Å². The van der Waals surface area contributed by atoms with E-state index in [1.807, 2.05) is 0 Å². The van der Waals surface area contributed by atoms with Crippen LogP contribution >= 0.6 is 0 Å². The third kappa shape index (κ3) is 1300. The molecule has 1 N–H and O–H groups in total. The van der Waals surface area contributed by atoms with Gasteiger partial charge >= 0.3 is 17.1 Å². The first-order chi connectivity index (χ1) is 1.73. The Hall–Kier alpha value is 0.299. The third-order valence-electron chi connectivity index (χ3n) is 0. The second kappa shape index (κ2) is 16.3. The quantitative estimate of drug-likeness (QED) is 0.234. The van der Waals surface area contributed by atoms with Gasteiger partial charge in [-0.2, -0.15) is 0 Å². The van der Waals surface area contributed by atoms with E-state index in [9.17, 15) is 0 Å². The van der Waals surface area contributed by atoms with Crippen LogP contribution in [0.5, 0.6) is 0 Å². The van der Waals surface area contributed by atoms with Crippen molar-refractivity contribution in [3.8, 4) is 0 Å². The molecule has 0 heterocycles. The van der Waals surface area contributed by atoms with Gasteiger partial charge < -0.3 is 30.0 Å². The second-order valence-corrected chi connectivity index (χ2v) is 0.238. The van der Waals surface area contributed by atoms with Gasteiger partial charge in [0.25, 0.3) is 5.09 Å². The van der Waals surface area contributed by atoms with Crippen LogP contribution in [0.1, 0.15) is 0 Å². The zero-order valence-electron chi connectivity index (χ0n) is 2.82. The molecule has 46 valence electrons. The average Bonchev–Trinajstić information content (AvgIpc) is 0.811. The Morgan fingerprint density at radius 1 is 1.43 bits per heavy atom. The topological polar surface area (TPSA) is 63.4 Å². The monoisotopic (exact) mass is 189 g/mol. The molecule has 4 nitrogen and oxygen atoms in total. The summed E-state index contributed by atoms with van der Waals surface area (Å²) in [5.41, 5.74) is 0. The van der Waals surface area contributed by atoms with E-state index in [1.54, 1.807) is 0 Å². The van der Waals surface area contributed by atoms with Crippen LogP contribution in [-0.4, -0.2) is 10.3 Å². The van der Waals surface area contributed by atoms with E-state index in [1.165, 1.54) is 0 Å². The molecule has 0 atom stereocenters. The van der Waals surface area contributed by atoms with Crippen molar-refractivity contribution in [2.45, 2.75) is 0 Å². The summed E-state index contributed by atoms with van der Waals surface area (Å²) in [6.07, 6.45) is 0. The van der Waals surface area contributed by atoms with E-state index in [0.29, 0.717) is 0 Å². The van der Waals surface area contributed by atoms with Gasteiger partial charge in [0, 0.05) is 0 Å². The molecule has 0 saturated carbocycles. The van der Waals surface area contributed by atoms with Crippen LogP contribution in [0.15, 0.2) is 0 Å². The summed E-state index contributed by atoms with van der Waals surface area (Å²) in [6, 6.07) is 0. The van der Waals surface area contributed by atoms with E-state index in [4.69, 9.17) is 15.3 Å². The molecule has 0 aliphatic heterocycles. The second-order valence-electron chi connectivity index (χ2n) is 0.238. The van der Waals surface area contributed by atoms with E-state index >= 15 is 0 Å². The fourth-order valence-corrected chi connectivity index (χ4v) is 0. The number of halogens is 2. The first-order valence-corrected chi connectivity index (χ1v) is 0.565. The van der Waals surface area contributed by atoms with Gasteiger partial charge in [0.15, 0.2) is 0 Å². The molecule has 0 rings (SSSR count). The molecule has 0 saturated heterocycles. The number of nitrogens with zero attached hydrogens (tertiary/aromatic N) is 1. The maximum Gasteiger partial charge on any atom is 2.00 e. The van der Waals surface area contributed by atoms with Gasteiger partial charge in [0.05, 0.1) is 0 Å². The molecule has 0 unspecified atom stereocenters. The van der Waals surface area contributed by atoms with Crippen molar-refractivity contribution in [3.63, 3.8) is 0 Å². The summed E-state index contributed by atoms with van der Waals surface area (Å²) in [5, 5.41) is 13.6. The Balaban J connectivity index is -0.0000000150. The van der Waals surface area contributed by atoms with Gasteiger partial charge in [0.2, 0.25) is 0 Å². The van der Waals surface area contributed by atoms with Crippen LogP contribution in [0.4, 0.5) is 0 Å². The summed E-state index contributed by atoms with van der Waals surface area (Å²) in [4.78, 5) is 8.36. The molecular weight excluding hydrogens is 189 g/mol. The van der Waals surface area contributed by atoms with Gasteiger partial charge in [-0.25, -0.2) is 0 Å². The van der Waals surface area contributed by atoms with Gasteiger partial charge in [-0.1, -0.05) is 0 Å². The van der Waals surface area contributed by atoms with Crippen molar-refractivity contribution >= 4 is 0 Å². The van der Waals surface area contributed by atoms with Crippen LogP contribution in [0.25, 0.3) is 0 Å². The SMILES string of the molecule is O=[N+]([O-])O.[Cl-].[Cl-].[Fe+2]. The summed E-state index contributed by atoms with van der Waals surface area (Å²) in [6.45, 7) is 0. The van der Waals surface area contributed by atoms with Gasteiger partial charge in [-0.15, -0.1) is 10.1 Å². The molecule has 0 amide bonds. The molecule has 0 aromatic rings. The van der Waals surface area contributed by atoms with Crippen LogP contribution in [-0.2, 0) is 17.1 Å². The van der Waals surface area contributed by atoms with Crippen LogP contribution in [0.3, 0.4) is 0 Å². The largest absolute Gasteiger partial charge is 2.00 e.